The van der Waals surface area contributed by atoms with E-state index in [2.05, 4.69) is 105 Å². The van der Waals surface area contributed by atoms with Crippen LogP contribution in [0, 0.1) is 0 Å². The largest absolute Gasteiger partial charge is 0.505 e. The number of nitrogens with zero attached hydrogens (tertiary/aromatic N) is 2. The van der Waals surface area contributed by atoms with E-state index in [1.807, 2.05) is 24.6 Å². The molecule has 228 valence electrons. The molecule has 0 radical (unpaired) electrons. The van der Waals surface area contributed by atoms with Crippen LogP contribution >= 0.6 is 0 Å². The molecular weight excluding hydrogens is 544 g/mol. The van der Waals surface area contributed by atoms with Crippen LogP contribution < -0.4 is 0 Å². The minimum absolute atomic E-state index is 0. The summed E-state index contributed by atoms with van der Waals surface area (Å²) in [6.45, 7) is 25.9. The van der Waals surface area contributed by atoms with Gasteiger partial charge in [-0.05, 0) is 70.6 Å². The molecule has 0 aliphatic rings. The van der Waals surface area contributed by atoms with E-state index in [1.54, 1.807) is 0 Å². The van der Waals surface area contributed by atoms with E-state index >= 15 is 0 Å². The molecule has 2 aromatic carbocycles. The zero-order valence-electron chi connectivity index (χ0n) is 27.9. The third-order valence-corrected chi connectivity index (χ3v) is 7.40. The van der Waals surface area contributed by atoms with Crippen LogP contribution in [0.25, 0.3) is 0 Å². The summed E-state index contributed by atoms with van der Waals surface area (Å²) in [5, 5.41) is 21.8. The maximum absolute atomic E-state index is 10.9. The van der Waals surface area contributed by atoms with Gasteiger partial charge in [-0.15, -0.1) is 0 Å². The summed E-state index contributed by atoms with van der Waals surface area (Å²) in [5.74, 6) is 0.592. The molecule has 0 aliphatic heterocycles. The molecule has 0 atom stereocenters. The number of aliphatic imine (C=N–C) groups is 2. The summed E-state index contributed by atoms with van der Waals surface area (Å²) in [7, 11) is 0. The predicted octanol–water partition coefficient (Wildman–Crippen LogP) is 10.7. The van der Waals surface area contributed by atoms with Gasteiger partial charge in [-0.1, -0.05) is 108 Å². The second-order valence-electron chi connectivity index (χ2n) is 15.4. The monoisotopic (exact) mass is 600 g/mol. The Hall–Kier alpha value is -2.09. The van der Waals surface area contributed by atoms with Crippen molar-refractivity contribution in [2.45, 2.75) is 143 Å². The Labute approximate surface area is 261 Å². The Morgan fingerprint density at radius 1 is 0.512 bits per heavy atom. The SMILES string of the molecule is CC(C)(C)c1cc(N=CCCCCCCC=Nc2cc(C(C)(C)C)cc(C(C)(C)C)c2O)c(O)c(C(C)(C)C)c1.[Cr]. The molecule has 0 fully saturated rings. The quantitative estimate of drug-likeness (QED) is 0.222. The van der Waals surface area contributed by atoms with Crippen molar-refractivity contribution >= 4 is 23.8 Å². The maximum Gasteiger partial charge on any atom is 0.144 e. The average molecular weight is 601 g/mol. The first-order valence-electron chi connectivity index (χ1n) is 15.0. The van der Waals surface area contributed by atoms with E-state index < -0.39 is 0 Å². The number of rotatable bonds is 9. The van der Waals surface area contributed by atoms with E-state index in [0.29, 0.717) is 22.9 Å². The van der Waals surface area contributed by atoms with Crippen LogP contribution in [-0.4, -0.2) is 22.6 Å². The van der Waals surface area contributed by atoms with Crippen molar-refractivity contribution in [1.29, 1.82) is 0 Å². The van der Waals surface area contributed by atoms with Gasteiger partial charge in [-0.25, -0.2) is 0 Å². The molecule has 2 aromatic rings. The van der Waals surface area contributed by atoms with Crippen molar-refractivity contribution in [3.05, 3.63) is 46.5 Å². The minimum atomic E-state index is -0.151. The number of hydrogen-bond acceptors (Lipinski definition) is 4. The van der Waals surface area contributed by atoms with Gasteiger partial charge >= 0.3 is 0 Å². The van der Waals surface area contributed by atoms with E-state index in [-0.39, 0.29) is 39.0 Å². The number of hydrogen-bond donors (Lipinski definition) is 2. The summed E-state index contributed by atoms with van der Waals surface area (Å²) in [6.07, 6.45) is 10.1. The molecule has 0 spiro atoms. The second kappa shape index (κ2) is 14.4. The Morgan fingerprint density at radius 2 is 0.829 bits per heavy atom. The van der Waals surface area contributed by atoms with E-state index in [1.165, 1.54) is 11.1 Å². The maximum atomic E-state index is 10.9. The topological polar surface area (TPSA) is 65.2 Å². The van der Waals surface area contributed by atoms with Gasteiger partial charge in [-0.3, -0.25) is 9.98 Å². The fourth-order valence-electron chi connectivity index (χ4n) is 4.60. The standard InChI is InChI=1S/C36H56N2O2.Cr/c1-33(2,3)25-21-27(35(7,8)9)31(39)29(23-25)37-19-17-15-13-14-16-18-20-38-30-24-26(34(4,5)6)22-28(32(30)40)36(10,11)12;/h19-24,39-40H,13-18H2,1-12H3;. The molecule has 5 heteroatoms. The zero-order chi connectivity index (χ0) is 30.5. The minimum Gasteiger partial charge on any atom is -0.505 e. The second-order valence-corrected chi connectivity index (χ2v) is 15.4. The van der Waals surface area contributed by atoms with E-state index in [4.69, 9.17) is 0 Å². The number of unbranched alkanes of at least 4 members (excludes halogenated alkanes) is 5. The summed E-state index contributed by atoms with van der Waals surface area (Å²) >= 11 is 0. The van der Waals surface area contributed by atoms with Gasteiger partial charge in [0.25, 0.3) is 0 Å². The molecule has 2 rings (SSSR count). The van der Waals surface area contributed by atoms with Crippen LogP contribution in [0.15, 0.2) is 34.3 Å². The van der Waals surface area contributed by atoms with Gasteiger partial charge in [-0.2, -0.15) is 0 Å². The third-order valence-electron chi connectivity index (χ3n) is 7.40. The molecule has 0 unspecified atom stereocenters. The van der Waals surface area contributed by atoms with Crippen molar-refractivity contribution < 1.29 is 27.6 Å². The fraction of sp³-hybridized carbons (Fsp3) is 0.611. The van der Waals surface area contributed by atoms with E-state index in [9.17, 15) is 10.2 Å². The Balaban J connectivity index is 0.00000840. The zero-order valence-corrected chi connectivity index (χ0v) is 29.2. The van der Waals surface area contributed by atoms with Crippen LogP contribution in [-0.2, 0) is 39.0 Å². The van der Waals surface area contributed by atoms with Crippen LogP contribution in [0.3, 0.4) is 0 Å². The average Bonchev–Trinajstić information content (AvgIpc) is 2.79. The number of aromatic hydroxyl groups is 2. The molecule has 0 aliphatic carbocycles. The van der Waals surface area contributed by atoms with Gasteiger partial charge in [0.05, 0.1) is 0 Å². The summed E-state index contributed by atoms with van der Waals surface area (Å²) in [6, 6.07) is 8.31. The molecule has 0 aromatic heterocycles. The van der Waals surface area contributed by atoms with Crippen LogP contribution in [0.1, 0.15) is 144 Å². The van der Waals surface area contributed by atoms with Gasteiger partial charge < -0.3 is 10.2 Å². The van der Waals surface area contributed by atoms with Crippen molar-refractivity contribution in [1.82, 2.24) is 0 Å². The molecule has 0 saturated heterocycles. The van der Waals surface area contributed by atoms with Crippen LogP contribution in [0.2, 0.25) is 0 Å². The smallest absolute Gasteiger partial charge is 0.144 e. The molecular formula is C36H56CrN2O2. The Bertz CT molecular complexity index is 1110. The van der Waals surface area contributed by atoms with Crippen molar-refractivity contribution in [3.8, 4) is 11.5 Å². The molecule has 0 amide bonds. The third kappa shape index (κ3) is 10.9. The molecule has 4 nitrogen and oxygen atoms in total. The fourth-order valence-corrected chi connectivity index (χ4v) is 4.60. The van der Waals surface area contributed by atoms with Gasteiger partial charge in [0, 0.05) is 40.9 Å². The molecule has 0 bridgehead atoms. The first-order valence-corrected chi connectivity index (χ1v) is 15.0. The molecule has 0 saturated carbocycles. The van der Waals surface area contributed by atoms with Crippen molar-refractivity contribution in [3.63, 3.8) is 0 Å². The van der Waals surface area contributed by atoms with Gasteiger partial charge in [0.2, 0.25) is 0 Å². The van der Waals surface area contributed by atoms with Crippen molar-refractivity contribution in [2.24, 2.45) is 9.98 Å². The Kier molecular flexibility index (Phi) is 13.0. The normalized spacial score (nSPS) is 13.3. The number of phenolic OH excluding ortho intramolecular Hbond substituents is 2. The van der Waals surface area contributed by atoms with Crippen LogP contribution in [0.4, 0.5) is 11.4 Å². The van der Waals surface area contributed by atoms with E-state index in [0.717, 1.165) is 49.7 Å². The van der Waals surface area contributed by atoms with Crippen LogP contribution in [0.5, 0.6) is 11.5 Å². The summed E-state index contributed by atoms with van der Waals surface area (Å²) < 4.78 is 0. The Morgan fingerprint density at radius 3 is 1.10 bits per heavy atom. The predicted molar refractivity (Wildman–Crippen MR) is 175 cm³/mol. The molecule has 41 heavy (non-hydrogen) atoms. The van der Waals surface area contributed by atoms with Gasteiger partial charge in [0.1, 0.15) is 22.9 Å². The number of phenols is 2. The van der Waals surface area contributed by atoms with Gasteiger partial charge in [0.15, 0.2) is 0 Å². The first-order chi connectivity index (χ1) is 18.2. The first kappa shape index (κ1) is 36.9. The molecule has 2 N–H and O–H groups in total. The summed E-state index contributed by atoms with van der Waals surface area (Å²) in [5.41, 5.74) is 5.29. The molecule has 0 heterocycles. The number of benzene rings is 2. The van der Waals surface area contributed by atoms with Crippen molar-refractivity contribution in [2.75, 3.05) is 0 Å². The summed E-state index contributed by atoms with van der Waals surface area (Å²) in [4.78, 5) is 9.34.